The van der Waals surface area contributed by atoms with Crippen LogP contribution in [0.1, 0.15) is 84.7 Å². The van der Waals surface area contributed by atoms with E-state index < -0.39 is 60.5 Å². The topological polar surface area (TPSA) is 263 Å². The molecule has 2 fully saturated rings. The number of nitrogens with zero attached hydrogens (tertiary/aromatic N) is 4. The van der Waals surface area contributed by atoms with E-state index in [1.807, 2.05) is 30.5 Å². The summed E-state index contributed by atoms with van der Waals surface area (Å²) in [5.41, 5.74) is 3.21. The molecule has 5 atom stereocenters. The Bertz CT molecular complexity index is 3250. The number of anilines is 3. The molecule has 1 saturated carbocycles. The number of fused-ring (bicyclic) bond motifs is 4. The van der Waals surface area contributed by atoms with Crippen molar-refractivity contribution in [3.63, 3.8) is 0 Å². The summed E-state index contributed by atoms with van der Waals surface area (Å²) < 4.78 is 45.7. The molecule has 5 aliphatic rings. The normalized spacial score (nSPS) is 18.6. The lowest BCUT2D eigenvalue weighted by atomic mass is 10.0. The number of hydrogen-bond acceptors (Lipinski definition) is 16. The standard InChI is InChI=1S/C62H71N7O16/c1-9-22-83-59(75)65-53(36(3)4)55(71)63-37(5)54(70)64-41-16-12-38(13-17-41)34-85-61(77)69-47-30-52(50(80-8)28-45(47)57(73)68-35-62(20-21-62)31-48(68)58(69)74)82-25-11-24-81-51-29-46-44(27-49(51)79-7)56(72)66-32-40(39-14-18-43(78-6)19-15-39)26-42(66)33-67(46)60(76)84-23-10-2/h9-10,12-19,27-30,32,36-37,42,48,53,58,74H,1-2,11,20-26,31,33-35H2,3-8H3,(H,63,71)(H,64,70)(H,65,75)/t37?,42-,48-,53?,58?/m0/s1. The third kappa shape index (κ3) is 13.3. The van der Waals surface area contributed by atoms with Gasteiger partial charge in [0.2, 0.25) is 11.8 Å². The Hall–Kier alpha value is -9.25. The summed E-state index contributed by atoms with van der Waals surface area (Å²) in [5.74, 6) is -0.613. The zero-order chi connectivity index (χ0) is 60.7. The smallest absolute Gasteiger partial charge is 0.416 e. The fourth-order valence-electron chi connectivity index (χ4n) is 10.9. The maximum atomic E-state index is 14.5. The molecule has 4 aliphatic heterocycles. The average molecular weight is 1170 g/mol. The highest BCUT2D eigenvalue weighted by molar-refractivity contribution is 6.08. The lowest BCUT2D eigenvalue weighted by molar-refractivity contribution is -0.128. The molecule has 1 aliphatic carbocycles. The lowest BCUT2D eigenvalue weighted by Gasteiger charge is -2.31. The van der Waals surface area contributed by atoms with Crippen LogP contribution >= 0.6 is 0 Å². The maximum absolute atomic E-state index is 14.5. The molecule has 0 aromatic heterocycles. The Morgan fingerprint density at radius 2 is 1.38 bits per heavy atom. The van der Waals surface area contributed by atoms with E-state index >= 15 is 0 Å². The van der Waals surface area contributed by atoms with Gasteiger partial charge >= 0.3 is 18.3 Å². The number of nitrogens with one attached hydrogen (secondary N) is 3. The quantitative estimate of drug-likeness (QED) is 0.0332. The molecule has 1 spiro atoms. The van der Waals surface area contributed by atoms with Gasteiger partial charge in [-0.3, -0.25) is 24.1 Å². The fraction of sp³-hybridized carbons (Fsp3) is 0.403. The molecule has 1 saturated heterocycles. The van der Waals surface area contributed by atoms with Gasteiger partial charge in [0.05, 0.1) is 75.7 Å². The first-order valence-electron chi connectivity index (χ1n) is 28.0. The van der Waals surface area contributed by atoms with Crippen LogP contribution in [0.3, 0.4) is 0 Å². The molecule has 9 rings (SSSR count). The lowest BCUT2D eigenvalue weighted by Crippen LogP contribution is -2.53. The van der Waals surface area contributed by atoms with Gasteiger partial charge in [-0.2, -0.15) is 0 Å². The van der Waals surface area contributed by atoms with Crippen molar-refractivity contribution in [1.82, 2.24) is 20.4 Å². The highest BCUT2D eigenvalue weighted by Crippen LogP contribution is 2.57. The molecule has 0 bridgehead atoms. The third-order valence-corrected chi connectivity index (χ3v) is 15.6. The van der Waals surface area contributed by atoms with Crippen molar-refractivity contribution in [2.75, 3.05) is 76.0 Å². The number of carbonyl (C=O) groups is 7. The number of carbonyl (C=O) groups excluding carboxylic acids is 7. The molecule has 4 heterocycles. The molecule has 0 radical (unpaired) electrons. The van der Waals surface area contributed by atoms with Crippen LogP contribution in [0, 0.1) is 11.3 Å². The predicted octanol–water partition coefficient (Wildman–Crippen LogP) is 7.81. The molecule has 4 N–H and O–H groups in total. The van der Waals surface area contributed by atoms with Gasteiger partial charge in [0, 0.05) is 37.0 Å². The number of aliphatic hydroxyl groups excluding tert-OH is 1. The predicted molar refractivity (Wildman–Crippen MR) is 312 cm³/mol. The maximum Gasteiger partial charge on any atom is 0.416 e. The summed E-state index contributed by atoms with van der Waals surface area (Å²) in [6, 6.07) is 17.0. The summed E-state index contributed by atoms with van der Waals surface area (Å²) in [7, 11) is 4.46. The molecule has 3 unspecified atom stereocenters. The van der Waals surface area contributed by atoms with Crippen molar-refractivity contribution < 1.29 is 76.6 Å². The Morgan fingerprint density at radius 3 is 1.99 bits per heavy atom. The number of ether oxygens (including phenoxy) is 8. The Kier molecular flexibility index (Phi) is 18.5. The van der Waals surface area contributed by atoms with E-state index in [2.05, 4.69) is 29.1 Å². The number of amides is 7. The van der Waals surface area contributed by atoms with Gasteiger partial charge in [-0.15, -0.1) is 0 Å². The van der Waals surface area contributed by atoms with Crippen LogP contribution in [0.15, 0.2) is 104 Å². The van der Waals surface area contributed by atoms with Crippen LogP contribution in [0.5, 0.6) is 28.7 Å². The number of alkyl carbamates (subject to hydrolysis) is 1. The first-order valence-corrected chi connectivity index (χ1v) is 28.0. The second kappa shape index (κ2) is 26.1. The molecule has 4 aromatic rings. The van der Waals surface area contributed by atoms with Gasteiger partial charge < -0.3 is 68.8 Å². The van der Waals surface area contributed by atoms with Crippen LogP contribution in [0.25, 0.3) is 5.57 Å². The Balaban J connectivity index is 0.870. The zero-order valence-electron chi connectivity index (χ0n) is 48.4. The number of benzene rings is 4. The van der Waals surface area contributed by atoms with Crippen molar-refractivity contribution in [1.29, 1.82) is 0 Å². The molecular formula is C62H71N7O16. The summed E-state index contributed by atoms with van der Waals surface area (Å²) in [6.45, 7) is 12.4. The summed E-state index contributed by atoms with van der Waals surface area (Å²) in [6.07, 6.45) is 3.76. The second-order valence-corrected chi connectivity index (χ2v) is 21.7. The molecule has 4 aromatic carbocycles. The summed E-state index contributed by atoms with van der Waals surface area (Å²) in [5, 5.41) is 20.0. The van der Waals surface area contributed by atoms with Crippen molar-refractivity contribution in [2.45, 2.75) is 89.9 Å². The minimum atomic E-state index is -1.50. The second-order valence-electron chi connectivity index (χ2n) is 21.7. The molecule has 450 valence electrons. The third-order valence-electron chi connectivity index (χ3n) is 15.6. The van der Waals surface area contributed by atoms with Crippen LogP contribution in [0.4, 0.5) is 31.4 Å². The number of hydrogen-bond donors (Lipinski definition) is 4. The molecule has 23 nitrogen and oxygen atoms in total. The summed E-state index contributed by atoms with van der Waals surface area (Å²) >= 11 is 0. The van der Waals surface area contributed by atoms with E-state index in [1.165, 1.54) is 50.3 Å². The number of aliphatic hydroxyl groups is 1. The SMILES string of the molecule is C=CCOC(=O)NC(C(=O)NC(C)C(=O)Nc1ccc(COC(=O)N2c3cc(OCCCOc4cc5c(cc4OC)C(=O)N4C=C(c6ccc(OC)cc6)C[C@H]4CN5C(=O)OCC=C)c(OC)cc3C(=O)N3CC4(CC4)C[C@H]3C2O)cc1)C(C)C. The highest BCUT2D eigenvalue weighted by atomic mass is 16.6. The average Bonchev–Trinajstić information content (AvgIpc) is 1.74. The molecule has 7 amide bonds. The van der Waals surface area contributed by atoms with E-state index in [-0.39, 0.29) is 115 Å². The van der Waals surface area contributed by atoms with Crippen LogP contribution in [-0.4, -0.2) is 148 Å². The van der Waals surface area contributed by atoms with Crippen LogP contribution < -0.4 is 49.4 Å². The van der Waals surface area contributed by atoms with Gasteiger partial charge in [0.1, 0.15) is 37.7 Å². The van der Waals surface area contributed by atoms with Gasteiger partial charge in [0.15, 0.2) is 29.2 Å². The van der Waals surface area contributed by atoms with Crippen molar-refractivity contribution in [3.8, 4) is 28.7 Å². The number of rotatable bonds is 22. The van der Waals surface area contributed by atoms with E-state index in [9.17, 15) is 38.7 Å². The summed E-state index contributed by atoms with van der Waals surface area (Å²) in [4.78, 5) is 101. The molecule has 23 heteroatoms. The minimum absolute atomic E-state index is 0.0351. The largest absolute Gasteiger partial charge is 0.497 e. The Labute approximate surface area is 492 Å². The van der Waals surface area contributed by atoms with Crippen molar-refractivity contribution >= 4 is 64.5 Å². The van der Waals surface area contributed by atoms with Crippen molar-refractivity contribution in [2.24, 2.45) is 11.3 Å². The van der Waals surface area contributed by atoms with E-state index in [4.69, 9.17) is 37.9 Å². The molecular weight excluding hydrogens is 1100 g/mol. The minimum Gasteiger partial charge on any atom is -0.497 e. The van der Waals surface area contributed by atoms with Crippen LogP contribution in [0.2, 0.25) is 0 Å². The fourth-order valence-corrected chi connectivity index (χ4v) is 10.9. The van der Waals surface area contributed by atoms with Gasteiger partial charge in [-0.05, 0) is 97.0 Å². The van der Waals surface area contributed by atoms with Gasteiger partial charge in [-0.25, -0.2) is 19.3 Å². The van der Waals surface area contributed by atoms with E-state index in [0.29, 0.717) is 36.4 Å². The molecule has 85 heavy (non-hydrogen) atoms. The number of methoxy groups -OCH3 is 3. The van der Waals surface area contributed by atoms with Gasteiger partial charge in [-0.1, -0.05) is 63.4 Å². The monoisotopic (exact) mass is 1170 g/mol. The first kappa shape index (κ1) is 60.3. The Morgan fingerprint density at radius 1 is 0.741 bits per heavy atom. The van der Waals surface area contributed by atoms with Crippen LogP contribution in [-0.2, 0) is 30.4 Å². The van der Waals surface area contributed by atoms with E-state index in [0.717, 1.165) is 28.9 Å². The highest BCUT2D eigenvalue weighted by Gasteiger charge is 2.58. The van der Waals surface area contributed by atoms with Gasteiger partial charge in [0.25, 0.3) is 11.8 Å². The zero-order valence-corrected chi connectivity index (χ0v) is 48.4. The van der Waals surface area contributed by atoms with E-state index in [1.54, 1.807) is 67.2 Å². The van der Waals surface area contributed by atoms with Crippen molar-refractivity contribution in [3.05, 3.63) is 127 Å². The first-order chi connectivity index (χ1) is 40.9.